The predicted molar refractivity (Wildman–Crippen MR) is 105 cm³/mol. The summed E-state index contributed by atoms with van der Waals surface area (Å²) in [7, 11) is 0. The first kappa shape index (κ1) is 19.1. The number of thiophene rings is 1. The first-order valence-electron chi connectivity index (χ1n) is 9.79. The van der Waals surface area contributed by atoms with Gasteiger partial charge in [0.2, 0.25) is 5.76 Å². The molecule has 0 unspecified atom stereocenters. The number of amides is 2. The van der Waals surface area contributed by atoms with Gasteiger partial charge in [0.05, 0.1) is 22.8 Å². The summed E-state index contributed by atoms with van der Waals surface area (Å²) in [5.74, 6) is 0.183. The highest BCUT2D eigenvalue weighted by atomic mass is 32.1. The van der Waals surface area contributed by atoms with E-state index in [2.05, 4.69) is 10.3 Å². The zero-order chi connectivity index (χ0) is 19.7. The van der Waals surface area contributed by atoms with E-state index in [1.165, 1.54) is 11.3 Å². The number of fused-ring (bicyclic) bond motifs is 2. The highest BCUT2D eigenvalue weighted by molar-refractivity contribution is 7.14. The summed E-state index contributed by atoms with van der Waals surface area (Å²) >= 11 is 1.57. The molecule has 0 aliphatic carbocycles. The number of ether oxygens (including phenoxy) is 1. The molecule has 1 fully saturated rings. The second-order valence-corrected chi connectivity index (χ2v) is 8.49. The number of piperidine rings is 1. The van der Waals surface area contributed by atoms with Crippen molar-refractivity contribution < 1.29 is 18.7 Å². The normalized spacial score (nSPS) is 18.1. The van der Waals surface area contributed by atoms with Crippen LogP contribution in [0, 0.1) is 6.92 Å². The van der Waals surface area contributed by atoms with Crippen LogP contribution in [0.15, 0.2) is 16.9 Å². The van der Waals surface area contributed by atoms with Crippen molar-refractivity contribution in [2.75, 3.05) is 26.2 Å². The lowest BCUT2D eigenvalue weighted by Crippen LogP contribution is -2.48. The van der Waals surface area contributed by atoms with E-state index in [4.69, 9.17) is 9.15 Å². The van der Waals surface area contributed by atoms with E-state index in [1.54, 1.807) is 23.2 Å². The summed E-state index contributed by atoms with van der Waals surface area (Å²) < 4.78 is 11.5. The molecule has 0 atom stereocenters. The Hall–Kier alpha value is -2.19. The molecule has 2 aliphatic heterocycles. The molecule has 2 amide bonds. The Morgan fingerprint density at radius 2 is 2.14 bits per heavy atom. The van der Waals surface area contributed by atoms with Gasteiger partial charge in [-0.1, -0.05) is 6.92 Å². The van der Waals surface area contributed by atoms with Gasteiger partial charge in [-0.05, 0) is 37.8 Å². The summed E-state index contributed by atoms with van der Waals surface area (Å²) in [6, 6.07) is 2.00. The summed E-state index contributed by atoms with van der Waals surface area (Å²) in [6.07, 6.45) is 4.49. The quantitative estimate of drug-likeness (QED) is 0.849. The lowest BCUT2D eigenvalue weighted by molar-refractivity contribution is -0.0928. The number of hydrogen-bond acceptors (Lipinski definition) is 6. The van der Waals surface area contributed by atoms with Gasteiger partial charge in [0.1, 0.15) is 0 Å². The van der Waals surface area contributed by atoms with Gasteiger partial charge in [-0.3, -0.25) is 9.59 Å². The zero-order valence-corrected chi connectivity index (χ0v) is 17.1. The number of aromatic nitrogens is 1. The Bertz CT molecular complexity index is 880. The molecule has 2 aromatic rings. The summed E-state index contributed by atoms with van der Waals surface area (Å²) in [5, 5.41) is 2.95. The molecule has 1 N–H and O–H groups in total. The zero-order valence-electron chi connectivity index (χ0n) is 16.2. The largest absolute Gasteiger partial charge is 0.438 e. The van der Waals surface area contributed by atoms with Crippen LogP contribution in [0.1, 0.15) is 62.5 Å². The summed E-state index contributed by atoms with van der Waals surface area (Å²) in [6.45, 7) is 6.32. The average Bonchev–Trinajstić information content (AvgIpc) is 3.33. The van der Waals surface area contributed by atoms with Crippen LogP contribution in [0.3, 0.4) is 0 Å². The van der Waals surface area contributed by atoms with Gasteiger partial charge < -0.3 is 19.4 Å². The molecule has 2 aliphatic rings. The van der Waals surface area contributed by atoms with Crippen molar-refractivity contribution in [3.05, 3.63) is 39.2 Å². The van der Waals surface area contributed by atoms with E-state index in [9.17, 15) is 9.59 Å². The fraction of sp³-hybridized carbons (Fsp3) is 0.550. The van der Waals surface area contributed by atoms with Crippen molar-refractivity contribution in [3.63, 3.8) is 0 Å². The molecule has 1 spiro atoms. The molecule has 2 aromatic heterocycles. The van der Waals surface area contributed by atoms with E-state index < -0.39 is 5.60 Å². The Balaban J connectivity index is 1.50. The number of likely N-dealkylation sites (tertiary alicyclic amines) is 1. The standard InChI is InChI=1S/C20H25N3O4S/c1-3-7-21-18(24)16-11-14-15(28-16)4-10-27-20(14)5-8-23(9-6-20)19(25)17-13(2)22-12-26-17/h11-12H,3-10H2,1-2H3,(H,21,24). The molecule has 0 bridgehead atoms. The SMILES string of the molecule is CCCNC(=O)c1cc2c(s1)CCOC21CCN(C(=O)c2ocnc2C)CC1. The second-order valence-electron chi connectivity index (χ2n) is 7.36. The van der Waals surface area contributed by atoms with Crippen molar-refractivity contribution in [3.8, 4) is 0 Å². The van der Waals surface area contributed by atoms with Crippen LogP contribution in [-0.2, 0) is 16.8 Å². The van der Waals surface area contributed by atoms with Gasteiger partial charge in [0.15, 0.2) is 6.39 Å². The van der Waals surface area contributed by atoms with E-state index >= 15 is 0 Å². The maximum absolute atomic E-state index is 12.7. The Morgan fingerprint density at radius 1 is 1.36 bits per heavy atom. The molecular weight excluding hydrogens is 378 g/mol. The molecular formula is C20H25N3O4S. The van der Waals surface area contributed by atoms with Gasteiger partial charge in [-0.25, -0.2) is 4.98 Å². The van der Waals surface area contributed by atoms with Gasteiger partial charge in [0.25, 0.3) is 11.8 Å². The predicted octanol–water partition coefficient (Wildman–Crippen LogP) is 2.89. The molecule has 0 aromatic carbocycles. The van der Waals surface area contributed by atoms with Crippen molar-refractivity contribution in [1.82, 2.24) is 15.2 Å². The lowest BCUT2D eigenvalue weighted by Gasteiger charge is -2.43. The van der Waals surface area contributed by atoms with Gasteiger partial charge >= 0.3 is 0 Å². The van der Waals surface area contributed by atoms with E-state index in [0.717, 1.165) is 23.3 Å². The third-order valence-electron chi connectivity index (χ3n) is 5.56. The molecule has 28 heavy (non-hydrogen) atoms. The number of carbonyl (C=O) groups excluding carboxylic acids is 2. The molecule has 4 heterocycles. The van der Waals surface area contributed by atoms with Crippen LogP contribution < -0.4 is 5.32 Å². The van der Waals surface area contributed by atoms with Crippen LogP contribution in [0.25, 0.3) is 0 Å². The molecule has 150 valence electrons. The van der Waals surface area contributed by atoms with Crippen molar-refractivity contribution in [1.29, 1.82) is 0 Å². The van der Waals surface area contributed by atoms with Crippen LogP contribution in [0.5, 0.6) is 0 Å². The molecule has 0 saturated carbocycles. The lowest BCUT2D eigenvalue weighted by atomic mass is 9.82. The minimum Gasteiger partial charge on any atom is -0.438 e. The number of hydrogen-bond donors (Lipinski definition) is 1. The van der Waals surface area contributed by atoms with Gasteiger partial charge in [0, 0.05) is 30.9 Å². The molecule has 1 saturated heterocycles. The summed E-state index contributed by atoms with van der Waals surface area (Å²) in [5.41, 5.74) is 1.34. The number of oxazole rings is 1. The smallest absolute Gasteiger partial charge is 0.291 e. The van der Waals surface area contributed by atoms with Crippen LogP contribution in [-0.4, -0.2) is 47.9 Å². The van der Waals surface area contributed by atoms with E-state index in [0.29, 0.717) is 50.5 Å². The minimum atomic E-state index is -0.402. The topological polar surface area (TPSA) is 84.7 Å². The van der Waals surface area contributed by atoms with Gasteiger partial charge in [-0.15, -0.1) is 11.3 Å². The van der Waals surface area contributed by atoms with Crippen molar-refractivity contribution >= 4 is 23.2 Å². The van der Waals surface area contributed by atoms with Crippen molar-refractivity contribution in [2.24, 2.45) is 0 Å². The fourth-order valence-electron chi connectivity index (χ4n) is 3.99. The number of nitrogens with zero attached hydrogens (tertiary/aromatic N) is 2. The Labute approximate surface area is 168 Å². The third kappa shape index (κ3) is 3.35. The average molecular weight is 404 g/mol. The number of nitrogens with one attached hydrogen (secondary N) is 1. The number of carbonyl (C=O) groups is 2. The molecule has 8 heteroatoms. The van der Waals surface area contributed by atoms with Crippen LogP contribution in [0.2, 0.25) is 0 Å². The first-order chi connectivity index (χ1) is 13.5. The first-order valence-corrected chi connectivity index (χ1v) is 10.6. The molecule has 0 radical (unpaired) electrons. The Morgan fingerprint density at radius 3 is 2.82 bits per heavy atom. The Kier molecular flexibility index (Phi) is 5.25. The van der Waals surface area contributed by atoms with Crippen molar-refractivity contribution in [2.45, 2.75) is 45.1 Å². The third-order valence-corrected chi connectivity index (χ3v) is 6.76. The number of rotatable bonds is 4. The van der Waals surface area contributed by atoms with Crippen LogP contribution >= 0.6 is 11.3 Å². The van der Waals surface area contributed by atoms with E-state index in [1.807, 2.05) is 13.0 Å². The van der Waals surface area contributed by atoms with E-state index in [-0.39, 0.29) is 11.8 Å². The minimum absolute atomic E-state index is 0.00944. The van der Waals surface area contributed by atoms with Crippen LogP contribution in [0.4, 0.5) is 0 Å². The molecule has 7 nitrogen and oxygen atoms in total. The highest BCUT2D eigenvalue weighted by Gasteiger charge is 2.43. The monoisotopic (exact) mass is 403 g/mol. The number of aryl methyl sites for hydroxylation is 1. The maximum Gasteiger partial charge on any atom is 0.291 e. The fourth-order valence-corrected chi connectivity index (χ4v) is 5.14. The summed E-state index contributed by atoms with van der Waals surface area (Å²) in [4.78, 5) is 32.9. The maximum atomic E-state index is 12.7. The van der Waals surface area contributed by atoms with Gasteiger partial charge in [-0.2, -0.15) is 0 Å². The highest BCUT2D eigenvalue weighted by Crippen LogP contribution is 2.44. The molecule has 4 rings (SSSR count). The second kappa shape index (κ2) is 7.67.